The van der Waals surface area contributed by atoms with Crippen molar-refractivity contribution in [3.8, 4) is 0 Å². The predicted molar refractivity (Wildman–Crippen MR) is 67.7 cm³/mol. The van der Waals surface area contributed by atoms with Crippen LogP contribution in [0.1, 0.15) is 18.1 Å². The minimum absolute atomic E-state index is 1.20. The van der Waals surface area contributed by atoms with Crippen LogP contribution in [0.5, 0.6) is 0 Å². The molecule has 68 valence electrons. The van der Waals surface area contributed by atoms with Gasteiger partial charge < -0.3 is 0 Å². The van der Waals surface area contributed by atoms with Crippen molar-refractivity contribution < 1.29 is 0 Å². The Morgan fingerprint density at radius 2 is 2.15 bits per heavy atom. The molecular weight excluding hydrogens is 271 g/mol. The van der Waals surface area contributed by atoms with Gasteiger partial charge in [-0.1, -0.05) is 24.8 Å². The quantitative estimate of drug-likeness (QED) is 0.564. The van der Waals surface area contributed by atoms with Crippen LogP contribution in [0.15, 0.2) is 36.9 Å². The van der Waals surface area contributed by atoms with Crippen molar-refractivity contribution in [2.75, 3.05) is 0 Å². The number of allylic oxidation sites excluding steroid dienone is 3. The van der Waals surface area contributed by atoms with E-state index < -0.39 is 0 Å². The molecule has 0 saturated carbocycles. The second-order valence-electron chi connectivity index (χ2n) is 2.91. The molecule has 1 rings (SSSR count). The smallest absolute Gasteiger partial charge is 0.0133 e. The molecule has 0 aliphatic heterocycles. The summed E-state index contributed by atoms with van der Waals surface area (Å²) in [4.78, 5) is 0. The lowest BCUT2D eigenvalue weighted by atomic mass is 10.0. The fraction of sp³-hybridized carbons (Fsp3) is 0.167. The van der Waals surface area contributed by atoms with Crippen LogP contribution in [0.2, 0.25) is 0 Å². The molecule has 0 saturated heterocycles. The molecule has 0 fully saturated rings. The fourth-order valence-electron chi connectivity index (χ4n) is 1.33. The van der Waals surface area contributed by atoms with Crippen molar-refractivity contribution in [2.45, 2.75) is 13.8 Å². The minimum atomic E-state index is 1.20. The van der Waals surface area contributed by atoms with Crippen LogP contribution in [0.3, 0.4) is 0 Å². The van der Waals surface area contributed by atoms with E-state index in [0.29, 0.717) is 0 Å². The number of rotatable bonds is 2. The summed E-state index contributed by atoms with van der Waals surface area (Å²) in [6.45, 7) is 7.97. The van der Waals surface area contributed by atoms with E-state index in [1.54, 1.807) is 0 Å². The molecule has 1 aromatic rings. The molecule has 13 heavy (non-hydrogen) atoms. The van der Waals surface area contributed by atoms with Gasteiger partial charge in [-0.15, -0.1) is 0 Å². The molecule has 0 atom stereocenters. The van der Waals surface area contributed by atoms with Gasteiger partial charge in [-0.2, -0.15) is 0 Å². The first-order valence-corrected chi connectivity index (χ1v) is 5.32. The van der Waals surface area contributed by atoms with Crippen LogP contribution < -0.4 is 0 Å². The summed E-state index contributed by atoms with van der Waals surface area (Å²) in [5, 5.41) is 0. The standard InChI is InChI=1S/C12H13I/c1-4-10(5-2)12-7-6-11(13)8-9(12)3/h4-8H,1H2,2-3H3/b10-5-. The Morgan fingerprint density at radius 1 is 1.46 bits per heavy atom. The second kappa shape index (κ2) is 4.61. The highest BCUT2D eigenvalue weighted by Gasteiger charge is 2.00. The first-order valence-electron chi connectivity index (χ1n) is 4.24. The number of hydrogen-bond acceptors (Lipinski definition) is 0. The molecule has 0 amide bonds. The SMILES string of the molecule is C=C/C(=C/C)c1ccc(I)cc1C. The van der Waals surface area contributed by atoms with E-state index in [4.69, 9.17) is 0 Å². The van der Waals surface area contributed by atoms with Crippen molar-refractivity contribution in [1.82, 2.24) is 0 Å². The molecule has 0 spiro atoms. The Labute approximate surface area is 93.5 Å². The number of aryl methyl sites for hydroxylation is 1. The predicted octanol–water partition coefficient (Wildman–Crippen LogP) is 4.19. The topological polar surface area (TPSA) is 0 Å². The van der Waals surface area contributed by atoms with E-state index in [-0.39, 0.29) is 0 Å². The molecule has 0 heterocycles. The van der Waals surface area contributed by atoms with E-state index in [2.05, 4.69) is 60.4 Å². The molecule has 0 bridgehead atoms. The summed E-state index contributed by atoms with van der Waals surface area (Å²) in [7, 11) is 0. The number of benzene rings is 1. The van der Waals surface area contributed by atoms with Crippen molar-refractivity contribution >= 4 is 28.2 Å². The second-order valence-corrected chi connectivity index (χ2v) is 4.15. The summed E-state index contributed by atoms with van der Waals surface area (Å²) in [6, 6.07) is 6.45. The van der Waals surface area contributed by atoms with Gasteiger partial charge in [-0.25, -0.2) is 0 Å². The lowest BCUT2D eigenvalue weighted by Gasteiger charge is -2.06. The maximum absolute atomic E-state index is 3.80. The van der Waals surface area contributed by atoms with Crippen molar-refractivity contribution in [3.63, 3.8) is 0 Å². The molecule has 0 nitrogen and oxygen atoms in total. The molecule has 1 aromatic carbocycles. The van der Waals surface area contributed by atoms with Gasteiger partial charge in [0.25, 0.3) is 0 Å². The highest BCUT2D eigenvalue weighted by Crippen LogP contribution is 2.21. The molecule has 0 aliphatic carbocycles. The molecule has 0 radical (unpaired) electrons. The first-order chi connectivity index (χ1) is 6.19. The summed E-state index contributed by atoms with van der Waals surface area (Å²) >= 11 is 2.32. The monoisotopic (exact) mass is 284 g/mol. The van der Waals surface area contributed by atoms with Crippen molar-refractivity contribution in [2.24, 2.45) is 0 Å². The largest absolute Gasteiger partial charge is 0.0985 e. The molecule has 0 N–H and O–H groups in total. The normalized spacial score (nSPS) is 11.5. The third kappa shape index (κ3) is 2.44. The molecule has 0 unspecified atom stereocenters. The summed E-state index contributed by atoms with van der Waals surface area (Å²) < 4.78 is 1.28. The number of halogens is 1. The minimum Gasteiger partial charge on any atom is -0.0985 e. The van der Waals surface area contributed by atoms with Crippen LogP contribution in [0.4, 0.5) is 0 Å². The fourth-order valence-corrected chi connectivity index (χ4v) is 1.98. The summed E-state index contributed by atoms with van der Waals surface area (Å²) in [5.41, 5.74) is 3.78. The van der Waals surface area contributed by atoms with Crippen molar-refractivity contribution in [1.29, 1.82) is 0 Å². The zero-order chi connectivity index (χ0) is 9.84. The zero-order valence-electron chi connectivity index (χ0n) is 7.97. The van der Waals surface area contributed by atoms with E-state index in [0.717, 1.165) is 0 Å². The Kier molecular flexibility index (Phi) is 3.72. The highest BCUT2D eigenvalue weighted by atomic mass is 127. The van der Waals surface area contributed by atoms with Gasteiger partial charge >= 0.3 is 0 Å². The summed E-state index contributed by atoms with van der Waals surface area (Å²) in [5.74, 6) is 0. The Balaban J connectivity index is 3.22. The van der Waals surface area contributed by atoms with Crippen LogP contribution in [0.25, 0.3) is 5.57 Å². The Bertz CT molecular complexity index is 348. The Morgan fingerprint density at radius 3 is 2.62 bits per heavy atom. The molecule has 0 aromatic heterocycles. The van der Waals surface area contributed by atoms with Gasteiger partial charge in [0.05, 0.1) is 0 Å². The first kappa shape index (κ1) is 10.5. The van der Waals surface area contributed by atoms with Gasteiger partial charge in [0.1, 0.15) is 0 Å². The van der Waals surface area contributed by atoms with Crippen LogP contribution in [-0.4, -0.2) is 0 Å². The van der Waals surface area contributed by atoms with E-state index >= 15 is 0 Å². The lowest BCUT2D eigenvalue weighted by molar-refractivity contribution is 1.40. The molecular formula is C12H13I. The van der Waals surface area contributed by atoms with E-state index in [9.17, 15) is 0 Å². The zero-order valence-corrected chi connectivity index (χ0v) is 10.1. The third-order valence-corrected chi connectivity index (χ3v) is 2.70. The van der Waals surface area contributed by atoms with Gasteiger partial charge in [0, 0.05) is 3.57 Å². The van der Waals surface area contributed by atoms with Gasteiger partial charge in [-0.05, 0) is 65.3 Å². The van der Waals surface area contributed by atoms with Gasteiger partial charge in [0.2, 0.25) is 0 Å². The third-order valence-electron chi connectivity index (χ3n) is 2.03. The maximum atomic E-state index is 3.80. The van der Waals surface area contributed by atoms with Crippen LogP contribution >= 0.6 is 22.6 Å². The lowest BCUT2D eigenvalue weighted by Crippen LogP contribution is -1.86. The van der Waals surface area contributed by atoms with Gasteiger partial charge in [0.15, 0.2) is 0 Å². The molecule has 1 heteroatoms. The van der Waals surface area contributed by atoms with E-state index in [1.807, 2.05) is 13.0 Å². The van der Waals surface area contributed by atoms with Crippen molar-refractivity contribution in [3.05, 3.63) is 51.6 Å². The maximum Gasteiger partial charge on any atom is 0.0133 e. The van der Waals surface area contributed by atoms with Gasteiger partial charge in [-0.3, -0.25) is 0 Å². The van der Waals surface area contributed by atoms with Crippen LogP contribution in [0, 0.1) is 10.5 Å². The average molecular weight is 284 g/mol. The molecule has 0 aliphatic rings. The highest BCUT2D eigenvalue weighted by molar-refractivity contribution is 14.1. The summed E-state index contributed by atoms with van der Waals surface area (Å²) in [6.07, 6.45) is 3.98. The average Bonchev–Trinajstić information content (AvgIpc) is 2.10. The Hall–Kier alpha value is -0.570. The number of hydrogen-bond donors (Lipinski definition) is 0. The van der Waals surface area contributed by atoms with Crippen LogP contribution in [-0.2, 0) is 0 Å². The van der Waals surface area contributed by atoms with E-state index in [1.165, 1.54) is 20.3 Å².